The minimum absolute atomic E-state index is 0.109. The molecule has 0 aromatic carbocycles. The Morgan fingerprint density at radius 1 is 1.50 bits per heavy atom. The molecular formula is C14H21N3O4S. The van der Waals surface area contributed by atoms with Crippen molar-refractivity contribution in [2.24, 2.45) is 0 Å². The fourth-order valence-corrected chi connectivity index (χ4v) is 2.56. The van der Waals surface area contributed by atoms with E-state index in [9.17, 15) is 13.2 Å². The van der Waals surface area contributed by atoms with Gasteiger partial charge in [0.05, 0.1) is 19.3 Å². The van der Waals surface area contributed by atoms with Crippen molar-refractivity contribution >= 4 is 15.9 Å². The molecule has 1 fully saturated rings. The van der Waals surface area contributed by atoms with Crippen molar-refractivity contribution in [2.45, 2.75) is 19.4 Å². The number of likely N-dealkylation sites (N-methyl/N-ethyl adjacent to an activating group) is 1. The number of pyridine rings is 1. The van der Waals surface area contributed by atoms with Crippen LogP contribution in [0.2, 0.25) is 0 Å². The molecule has 2 heterocycles. The second-order valence-corrected chi connectivity index (χ2v) is 7.59. The van der Waals surface area contributed by atoms with Crippen molar-refractivity contribution < 1.29 is 17.9 Å². The molecule has 1 unspecified atom stereocenters. The number of hydrogen-bond donors (Lipinski definition) is 0. The van der Waals surface area contributed by atoms with E-state index in [-0.39, 0.29) is 18.6 Å². The van der Waals surface area contributed by atoms with Crippen LogP contribution in [0.25, 0.3) is 0 Å². The van der Waals surface area contributed by atoms with Gasteiger partial charge in [-0.3, -0.25) is 4.79 Å². The highest BCUT2D eigenvalue weighted by Gasteiger charge is 2.29. The summed E-state index contributed by atoms with van der Waals surface area (Å²) in [5.41, 5.74) is 0.873. The van der Waals surface area contributed by atoms with Crippen LogP contribution < -0.4 is 4.74 Å². The number of ether oxygens (including phenoxy) is 1. The van der Waals surface area contributed by atoms with Crippen molar-refractivity contribution in [2.75, 3.05) is 32.9 Å². The first-order valence-corrected chi connectivity index (χ1v) is 8.90. The number of amides is 1. The quantitative estimate of drug-likeness (QED) is 0.775. The summed E-state index contributed by atoms with van der Waals surface area (Å²) in [5.74, 6) is 0.337. The van der Waals surface area contributed by atoms with Crippen molar-refractivity contribution in [1.82, 2.24) is 14.2 Å². The standard InChI is InChI=1S/C14H21N3O4S/c1-11-5-4-6-13(15-11)21-12-7-8-17(9-12)14(18)10-16(2)22(3,19)20/h4-6,12H,7-10H2,1-3H3. The second-order valence-electron chi connectivity index (χ2n) is 5.50. The Balaban J connectivity index is 1.88. The molecule has 122 valence electrons. The molecule has 8 heteroatoms. The molecule has 0 spiro atoms. The van der Waals surface area contributed by atoms with Crippen LogP contribution in [0.4, 0.5) is 0 Å². The SMILES string of the molecule is Cc1cccc(OC2CCN(C(=O)CN(C)S(C)(=O)=O)C2)n1. The molecule has 22 heavy (non-hydrogen) atoms. The smallest absolute Gasteiger partial charge is 0.238 e. The van der Waals surface area contributed by atoms with E-state index in [4.69, 9.17) is 4.74 Å². The molecule has 1 aliphatic heterocycles. The van der Waals surface area contributed by atoms with Gasteiger partial charge in [0.25, 0.3) is 0 Å². The van der Waals surface area contributed by atoms with Gasteiger partial charge in [0.1, 0.15) is 6.10 Å². The van der Waals surface area contributed by atoms with Crippen LogP contribution in [-0.2, 0) is 14.8 Å². The fourth-order valence-electron chi connectivity index (χ4n) is 2.21. The number of aryl methyl sites for hydroxylation is 1. The highest BCUT2D eigenvalue weighted by Crippen LogP contribution is 2.17. The molecule has 0 aliphatic carbocycles. The highest BCUT2D eigenvalue weighted by atomic mass is 32.2. The van der Waals surface area contributed by atoms with Crippen molar-refractivity contribution in [3.05, 3.63) is 23.9 Å². The Morgan fingerprint density at radius 3 is 2.86 bits per heavy atom. The Kier molecular flexibility index (Phi) is 5.02. The van der Waals surface area contributed by atoms with Crippen molar-refractivity contribution in [3.63, 3.8) is 0 Å². The number of likely N-dealkylation sites (tertiary alicyclic amines) is 1. The highest BCUT2D eigenvalue weighted by molar-refractivity contribution is 7.88. The molecule has 1 aromatic heterocycles. The molecule has 1 amide bonds. The van der Waals surface area contributed by atoms with Crippen LogP contribution in [0, 0.1) is 6.92 Å². The van der Waals surface area contributed by atoms with Gasteiger partial charge in [-0.05, 0) is 13.0 Å². The lowest BCUT2D eigenvalue weighted by Gasteiger charge is -2.20. The van der Waals surface area contributed by atoms with E-state index in [1.807, 2.05) is 19.1 Å². The molecule has 0 radical (unpaired) electrons. The average molecular weight is 327 g/mol. The van der Waals surface area contributed by atoms with Crippen molar-refractivity contribution in [3.8, 4) is 5.88 Å². The summed E-state index contributed by atoms with van der Waals surface area (Å²) in [6.45, 7) is 2.76. The maximum Gasteiger partial charge on any atom is 0.238 e. The summed E-state index contributed by atoms with van der Waals surface area (Å²) in [6, 6.07) is 5.55. The lowest BCUT2D eigenvalue weighted by molar-refractivity contribution is -0.130. The summed E-state index contributed by atoms with van der Waals surface area (Å²) in [6.07, 6.45) is 1.69. The Labute approximate surface area is 130 Å². The molecule has 1 saturated heterocycles. The number of sulfonamides is 1. The van der Waals surface area contributed by atoms with Gasteiger partial charge in [-0.25, -0.2) is 13.4 Å². The van der Waals surface area contributed by atoms with E-state index in [1.54, 1.807) is 11.0 Å². The van der Waals surface area contributed by atoms with Crippen LogP contribution in [0.5, 0.6) is 5.88 Å². The number of hydrogen-bond acceptors (Lipinski definition) is 5. The largest absolute Gasteiger partial charge is 0.472 e. The average Bonchev–Trinajstić information content (AvgIpc) is 2.86. The fraction of sp³-hybridized carbons (Fsp3) is 0.571. The van der Waals surface area contributed by atoms with Crippen LogP contribution in [0.3, 0.4) is 0 Å². The lowest BCUT2D eigenvalue weighted by atomic mass is 10.3. The van der Waals surface area contributed by atoms with E-state index in [1.165, 1.54) is 7.05 Å². The van der Waals surface area contributed by atoms with Crippen LogP contribution >= 0.6 is 0 Å². The topological polar surface area (TPSA) is 79.8 Å². The normalized spacial score (nSPS) is 18.7. The molecule has 0 N–H and O–H groups in total. The van der Waals surface area contributed by atoms with E-state index >= 15 is 0 Å². The number of nitrogens with zero attached hydrogens (tertiary/aromatic N) is 3. The van der Waals surface area contributed by atoms with Gasteiger partial charge in [-0.15, -0.1) is 0 Å². The van der Waals surface area contributed by atoms with Gasteiger partial charge in [-0.1, -0.05) is 6.07 Å². The molecular weight excluding hydrogens is 306 g/mol. The molecule has 1 aliphatic rings. The lowest BCUT2D eigenvalue weighted by Crippen LogP contribution is -2.40. The number of rotatable bonds is 5. The molecule has 0 bridgehead atoms. The minimum atomic E-state index is -3.35. The molecule has 7 nitrogen and oxygen atoms in total. The van der Waals surface area contributed by atoms with E-state index in [0.717, 1.165) is 16.3 Å². The van der Waals surface area contributed by atoms with E-state index in [0.29, 0.717) is 25.4 Å². The first-order chi connectivity index (χ1) is 10.3. The summed E-state index contributed by atoms with van der Waals surface area (Å²) < 4.78 is 29.5. The van der Waals surface area contributed by atoms with Gasteiger partial charge in [0.15, 0.2) is 0 Å². The third kappa shape index (κ3) is 4.41. The number of carbonyl (C=O) groups is 1. The molecule has 0 saturated carbocycles. The predicted octanol–water partition coefficient (Wildman–Crippen LogP) is 0.261. The molecule has 1 atom stereocenters. The first-order valence-electron chi connectivity index (χ1n) is 7.05. The zero-order valence-corrected chi connectivity index (χ0v) is 13.8. The van der Waals surface area contributed by atoms with Gasteiger partial charge in [0.2, 0.25) is 21.8 Å². The van der Waals surface area contributed by atoms with Gasteiger partial charge >= 0.3 is 0 Å². The van der Waals surface area contributed by atoms with Gasteiger partial charge in [0, 0.05) is 31.8 Å². The van der Waals surface area contributed by atoms with Crippen molar-refractivity contribution in [1.29, 1.82) is 0 Å². The Bertz CT molecular complexity index is 647. The van der Waals surface area contributed by atoms with Crippen LogP contribution in [0.15, 0.2) is 18.2 Å². The zero-order chi connectivity index (χ0) is 16.3. The first kappa shape index (κ1) is 16.7. The summed E-state index contributed by atoms with van der Waals surface area (Å²) >= 11 is 0. The maximum absolute atomic E-state index is 12.1. The molecule has 2 rings (SSSR count). The summed E-state index contributed by atoms with van der Waals surface area (Å²) in [7, 11) is -1.95. The van der Waals surface area contributed by atoms with Crippen LogP contribution in [-0.4, -0.2) is 67.6 Å². The monoisotopic (exact) mass is 327 g/mol. The predicted molar refractivity (Wildman–Crippen MR) is 82.1 cm³/mol. The number of aromatic nitrogens is 1. The zero-order valence-electron chi connectivity index (χ0n) is 13.0. The van der Waals surface area contributed by atoms with E-state index in [2.05, 4.69) is 4.98 Å². The van der Waals surface area contributed by atoms with E-state index < -0.39 is 10.0 Å². The Hall–Kier alpha value is -1.67. The number of carbonyl (C=O) groups excluding carboxylic acids is 1. The van der Waals surface area contributed by atoms with Gasteiger partial charge < -0.3 is 9.64 Å². The third-order valence-corrected chi connectivity index (χ3v) is 4.83. The van der Waals surface area contributed by atoms with Crippen LogP contribution in [0.1, 0.15) is 12.1 Å². The Morgan fingerprint density at radius 2 is 2.23 bits per heavy atom. The summed E-state index contributed by atoms with van der Waals surface area (Å²) in [4.78, 5) is 18.0. The minimum Gasteiger partial charge on any atom is -0.472 e. The third-order valence-electron chi connectivity index (χ3n) is 3.57. The maximum atomic E-state index is 12.1. The van der Waals surface area contributed by atoms with Gasteiger partial charge in [-0.2, -0.15) is 4.31 Å². The summed E-state index contributed by atoms with van der Waals surface area (Å²) in [5, 5.41) is 0. The molecule has 1 aromatic rings. The second kappa shape index (κ2) is 6.62.